The Kier molecular flexibility index (Phi) is 4.81. The van der Waals surface area contributed by atoms with E-state index in [9.17, 15) is 13.6 Å². The van der Waals surface area contributed by atoms with Crippen molar-refractivity contribution in [2.24, 2.45) is 5.41 Å². The highest BCUT2D eigenvalue weighted by Gasteiger charge is 2.48. The summed E-state index contributed by atoms with van der Waals surface area (Å²) in [7, 11) is 1.48. The van der Waals surface area contributed by atoms with Gasteiger partial charge in [-0.1, -0.05) is 6.07 Å². The molecule has 5 rings (SSSR count). The third-order valence-corrected chi connectivity index (χ3v) is 6.05. The van der Waals surface area contributed by atoms with Crippen LogP contribution in [0.25, 0.3) is 5.65 Å². The van der Waals surface area contributed by atoms with Gasteiger partial charge in [0.1, 0.15) is 11.4 Å². The third-order valence-electron chi connectivity index (χ3n) is 6.05. The van der Waals surface area contributed by atoms with Crippen LogP contribution in [0, 0.1) is 5.41 Å². The summed E-state index contributed by atoms with van der Waals surface area (Å²) in [5.41, 5.74) is 1.22. The maximum atomic E-state index is 12.9. The maximum absolute atomic E-state index is 12.9. The van der Waals surface area contributed by atoms with Crippen molar-refractivity contribution < 1.29 is 23.0 Å². The van der Waals surface area contributed by atoms with Crippen LogP contribution in [0.3, 0.4) is 0 Å². The molecule has 2 aliphatic rings. The molecule has 1 N–H and O–H groups in total. The lowest BCUT2D eigenvalue weighted by molar-refractivity contribution is 0.0706. The zero-order valence-electron chi connectivity index (χ0n) is 16.8. The predicted molar refractivity (Wildman–Crippen MR) is 107 cm³/mol. The Morgan fingerprint density at radius 1 is 1.29 bits per heavy atom. The minimum absolute atomic E-state index is 0.122. The molecule has 3 aromatic rings. The Hall–Kier alpha value is -3.14. The van der Waals surface area contributed by atoms with Crippen LogP contribution in [0.2, 0.25) is 0 Å². The van der Waals surface area contributed by atoms with Gasteiger partial charge < -0.3 is 14.8 Å². The minimum atomic E-state index is -2.76. The van der Waals surface area contributed by atoms with Crippen molar-refractivity contribution in [3.63, 3.8) is 0 Å². The largest absolute Gasteiger partial charge is 0.478 e. The van der Waals surface area contributed by atoms with Crippen molar-refractivity contribution in [1.29, 1.82) is 0 Å². The molecule has 31 heavy (non-hydrogen) atoms. The van der Waals surface area contributed by atoms with Gasteiger partial charge in [-0.3, -0.25) is 9.20 Å². The van der Waals surface area contributed by atoms with Crippen LogP contribution in [0.1, 0.15) is 53.5 Å². The van der Waals surface area contributed by atoms with Gasteiger partial charge in [0.2, 0.25) is 5.65 Å². The molecule has 162 valence electrons. The number of aromatic nitrogens is 4. The van der Waals surface area contributed by atoms with Gasteiger partial charge in [-0.2, -0.15) is 4.98 Å². The second-order valence-corrected chi connectivity index (χ2v) is 8.14. The Morgan fingerprint density at radius 3 is 2.84 bits per heavy atom. The van der Waals surface area contributed by atoms with Crippen LogP contribution in [-0.2, 0) is 4.74 Å². The molecule has 1 aliphatic heterocycles. The topological polar surface area (TPSA) is 90.6 Å². The van der Waals surface area contributed by atoms with Crippen LogP contribution in [-0.4, -0.2) is 45.6 Å². The van der Waals surface area contributed by atoms with Crippen molar-refractivity contribution in [2.75, 3.05) is 25.6 Å². The van der Waals surface area contributed by atoms with Crippen LogP contribution >= 0.6 is 0 Å². The molecule has 0 bridgehead atoms. The fourth-order valence-electron chi connectivity index (χ4n) is 4.43. The van der Waals surface area contributed by atoms with Crippen molar-refractivity contribution in [3.05, 3.63) is 47.7 Å². The number of imidazole rings is 1. The molecule has 1 saturated heterocycles. The van der Waals surface area contributed by atoms with Gasteiger partial charge >= 0.3 is 0 Å². The number of alkyl halides is 2. The number of pyridine rings is 1. The number of halogens is 2. The summed E-state index contributed by atoms with van der Waals surface area (Å²) >= 11 is 0. The molecule has 1 saturated carbocycles. The van der Waals surface area contributed by atoms with E-state index in [-0.39, 0.29) is 17.4 Å². The van der Waals surface area contributed by atoms with E-state index < -0.39 is 18.0 Å². The summed E-state index contributed by atoms with van der Waals surface area (Å²) in [6.07, 6.45) is 3.96. The van der Waals surface area contributed by atoms with E-state index in [0.717, 1.165) is 38.2 Å². The first kappa shape index (κ1) is 19.8. The number of nitrogens with zero attached hydrogens (tertiary/aromatic N) is 4. The zero-order chi connectivity index (χ0) is 21.6. The standard InChI is InChI=1S/C21H21F2N5O3/c1-30-20-18-25-15(12-7-21(8-12)5-6-31-11-21)9-28(18)10-16(27-20)26-19(29)14-4-2-3-13(24-14)17(22)23/h2-4,9-10,12,17H,5-8,11H2,1H3,(H,26,29). The van der Waals surface area contributed by atoms with Crippen LogP contribution in [0.5, 0.6) is 5.88 Å². The lowest BCUT2D eigenvalue weighted by Crippen LogP contribution is -2.36. The van der Waals surface area contributed by atoms with Gasteiger partial charge in [-0.05, 0) is 36.8 Å². The minimum Gasteiger partial charge on any atom is -0.478 e. The fraction of sp³-hybridized carbons (Fsp3) is 0.429. The molecule has 10 heteroatoms. The number of ether oxygens (including phenoxy) is 2. The molecule has 2 fully saturated rings. The van der Waals surface area contributed by atoms with E-state index in [2.05, 4.69) is 15.3 Å². The summed E-state index contributed by atoms with van der Waals surface area (Å²) in [5.74, 6) is 0.179. The van der Waals surface area contributed by atoms with E-state index in [1.807, 2.05) is 6.20 Å². The van der Waals surface area contributed by atoms with Gasteiger partial charge in [-0.25, -0.2) is 18.7 Å². The second-order valence-electron chi connectivity index (χ2n) is 8.14. The molecule has 0 atom stereocenters. The average molecular weight is 429 g/mol. The van der Waals surface area contributed by atoms with Gasteiger partial charge in [0.05, 0.1) is 25.6 Å². The van der Waals surface area contributed by atoms with Gasteiger partial charge in [0, 0.05) is 18.7 Å². The summed E-state index contributed by atoms with van der Waals surface area (Å²) < 4.78 is 38.4. The van der Waals surface area contributed by atoms with Crippen molar-refractivity contribution in [1.82, 2.24) is 19.4 Å². The van der Waals surface area contributed by atoms with E-state index >= 15 is 0 Å². The molecule has 8 nitrogen and oxygen atoms in total. The highest BCUT2D eigenvalue weighted by molar-refractivity contribution is 6.02. The number of hydrogen-bond acceptors (Lipinski definition) is 6. The van der Waals surface area contributed by atoms with E-state index in [0.29, 0.717) is 17.0 Å². The molecule has 3 aromatic heterocycles. The number of amides is 1. The quantitative estimate of drug-likeness (QED) is 0.666. The Labute approximate surface area is 176 Å². The fourth-order valence-corrected chi connectivity index (χ4v) is 4.43. The third kappa shape index (κ3) is 3.60. The Bertz CT molecular complexity index is 1140. The van der Waals surface area contributed by atoms with E-state index in [1.165, 1.54) is 25.3 Å². The number of nitrogens with one attached hydrogen (secondary N) is 1. The maximum Gasteiger partial charge on any atom is 0.280 e. The monoisotopic (exact) mass is 429 g/mol. The Morgan fingerprint density at radius 2 is 2.13 bits per heavy atom. The summed E-state index contributed by atoms with van der Waals surface area (Å²) in [4.78, 5) is 25.2. The Balaban J connectivity index is 1.38. The summed E-state index contributed by atoms with van der Waals surface area (Å²) in [5, 5.41) is 2.59. The first-order valence-corrected chi connectivity index (χ1v) is 10.0. The number of rotatable bonds is 5. The van der Waals surface area contributed by atoms with Gasteiger partial charge in [0.25, 0.3) is 18.2 Å². The molecule has 0 radical (unpaired) electrons. The summed E-state index contributed by atoms with van der Waals surface area (Å²) in [6, 6.07) is 3.90. The van der Waals surface area contributed by atoms with Gasteiger partial charge in [0.15, 0.2) is 5.82 Å². The summed E-state index contributed by atoms with van der Waals surface area (Å²) in [6.45, 7) is 1.65. The van der Waals surface area contributed by atoms with Crippen molar-refractivity contribution in [2.45, 2.75) is 31.6 Å². The zero-order valence-corrected chi connectivity index (χ0v) is 16.8. The highest BCUT2D eigenvalue weighted by Crippen LogP contribution is 2.55. The van der Waals surface area contributed by atoms with Crippen LogP contribution < -0.4 is 10.1 Å². The number of carbonyl (C=O) groups excluding carboxylic acids is 1. The smallest absolute Gasteiger partial charge is 0.280 e. The molecule has 1 aliphatic carbocycles. The first-order chi connectivity index (χ1) is 15.0. The number of anilines is 1. The SMILES string of the molecule is COc1nc(NC(=O)c2cccc(C(F)F)n2)cn2cc(C3CC4(CCOC4)C3)nc12. The van der Waals surface area contributed by atoms with Crippen LogP contribution in [0.15, 0.2) is 30.6 Å². The molecule has 0 aromatic carbocycles. The molecule has 0 unspecified atom stereocenters. The second kappa shape index (κ2) is 7.52. The number of hydrogen-bond donors (Lipinski definition) is 1. The molecular weight excluding hydrogens is 408 g/mol. The lowest BCUT2D eigenvalue weighted by atomic mass is 9.61. The van der Waals surface area contributed by atoms with Crippen molar-refractivity contribution in [3.8, 4) is 5.88 Å². The lowest BCUT2D eigenvalue weighted by Gasteiger charge is -2.43. The molecular formula is C21H21F2N5O3. The first-order valence-electron chi connectivity index (χ1n) is 10.0. The normalized spacial score (nSPS) is 22.8. The predicted octanol–water partition coefficient (Wildman–Crippen LogP) is 3.61. The number of fused-ring (bicyclic) bond motifs is 1. The van der Waals surface area contributed by atoms with Gasteiger partial charge in [-0.15, -0.1) is 0 Å². The van der Waals surface area contributed by atoms with Crippen molar-refractivity contribution >= 4 is 17.4 Å². The number of carbonyl (C=O) groups is 1. The van der Waals surface area contributed by atoms with Crippen LogP contribution in [0.4, 0.5) is 14.6 Å². The average Bonchev–Trinajstić information content (AvgIpc) is 3.39. The highest BCUT2D eigenvalue weighted by atomic mass is 19.3. The van der Waals surface area contributed by atoms with E-state index in [1.54, 1.807) is 10.6 Å². The molecule has 1 amide bonds. The number of methoxy groups -OCH3 is 1. The van der Waals surface area contributed by atoms with E-state index in [4.69, 9.17) is 14.5 Å². The molecule has 1 spiro atoms. The molecule has 4 heterocycles.